The maximum absolute atomic E-state index is 12.7. The molecule has 2 aromatic rings. The number of hydrogen-bond donors (Lipinski definition) is 0. The first-order chi connectivity index (χ1) is 16.1. The molecule has 0 spiro atoms. The van der Waals surface area contributed by atoms with Gasteiger partial charge in [-0.15, -0.1) is 0 Å². The van der Waals surface area contributed by atoms with Gasteiger partial charge in [0.2, 0.25) is 0 Å². The van der Waals surface area contributed by atoms with Crippen LogP contribution in [0.1, 0.15) is 116 Å². The topological polar surface area (TPSA) is 126 Å². The van der Waals surface area contributed by atoms with Gasteiger partial charge in [0.15, 0.2) is 0 Å². The molecule has 0 aromatic heterocycles. The fourth-order valence-electron chi connectivity index (χ4n) is 4.52. The van der Waals surface area contributed by atoms with Gasteiger partial charge in [0.25, 0.3) is 0 Å². The van der Waals surface area contributed by atoms with Crippen molar-refractivity contribution in [2.75, 3.05) is 0 Å². The summed E-state index contributed by atoms with van der Waals surface area (Å²) in [7, 11) is -10.5. The van der Waals surface area contributed by atoms with E-state index in [0.29, 0.717) is 11.1 Å². The maximum Gasteiger partial charge on any atom is 1.00 e. The van der Waals surface area contributed by atoms with E-state index in [1.165, 1.54) is 0 Å². The van der Waals surface area contributed by atoms with Crippen molar-refractivity contribution in [3.05, 3.63) is 57.6 Å². The van der Waals surface area contributed by atoms with Crippen LogP contribution in [-0.2, 0) is 37.2 Å². The molecule has 0 saturated heterocycles. The van der Waals surface area contributed by atoms with Crippen LogP contribution in [0, 0.1) is 0 Å². The Balaban J connectivity index is -0.00000361. The fraction of sp³-hybridized carbons (Fsp3) is 0.586. The third-order valence-electron chi connectivity index (χ3n) is 6.65. The van der Waals surface area contributed by atoms with Crippen LogP contribution in [0.25, 0.3) is 0 Å². The Kier molecular flexibility index (Phi) is 19.1. The fourth-order valence-corrected chi connectivity index (χ4v) is 6.90. The van der Waals surface area contributed by atoms with Gasteiger partial charge >= 0.3 is 118 Å². The second-order valence-electron chi connectivity index (χ2n) is 14.2. The molecule has 12 heteroatoms. The molecular formula is C29H42Na4O6P2. The first-order valence-corrected chi connectivity index (χ1v) is 15.6. The van der Waals surface area contributed by atoms with Crippen LogP contribution in [0.15, 0.2) is 24.3 Å². The first-order valence-electron chi connectivity index (χ1n) is 12.6. The van der Waals surface area contributed by atoms with Gasteiger partial charge < -0.3 is 28.7 Å². The zero-order valence-electron chi connectivity index (χ0n) is 28.4. The molecule has 0 N–H and O–H groups in total. The van der Waals surface area contributed by atoms with Crippen molar-refractivity contribution in [2.24, 2.45) is 0 Å². The molecule has 0 fully saturated rings. The van der Waals surface area contributed by atoms with Gasteiger partial charge in [-0.1, -0.05) is 107 Å². The van der Waals surface area contributed by atoms with E-state index >= 15 is 0 Å². The Bertz CT molecular complexity index is 1190. The molecule has 2 rings (SSSR count). The summed E-state index contributed by atoms with van der Waals surface area (Å²) in [5, 5.41) is -0.631. The van der Waals surface area contributed by atoms with Crippen LogP contribution in [0.2, 0.25) is 0 Å². The molecule has 0 bridgehead atoms. The summed E-state index contributed by atoms with van der Waals surface area (Å²) in [5.41, 5.74) is 0.759. The second kappa shape index (κ2) is 16.2. The predicted octanol–water partition coefficient (Wildman–Crippen LogP) is -8.44. The molecule has 2 aromatic carbocycles. The monoisotopic (exact) mass is 640 g/mol. The van der Waals surface area contributed by atoms with E-state index in [4.69, 9.17) is 0 Å². The van der Waals surface area contributed by atoms with Gasteiger partial charge in [-0.3, -0.25) is 0 Å². The molecule has 0 radical (unpaired) electrons. The van der Waals surface area contributed by atoms with Crippen LogP contribution in [-0.4, -0.2) is 0 Å². The largest absolute Gasteiger partial charge is 1.00 e. The molecule has 0 heterocycles. The molecule has 0 atom stereocenters. The molecule has 41 heavy (non-hydrogen) atoms. The summed E-state index contributed by atoms with van der Waals surface area (Å²) in [4.78, 5) is 50.8. The zero-order chi connectivity index (χ0) is 29.2. The second-order valence-corrected chi connectivity index (χ2v) is 17.1. The number of rotatable bonds is 4. The summed E-state index contributed by atoms with van der Waals surface area (Å²) < 4.78 is 25.4. The smallest absolute Gasteiger partial charge is 0.807 e. The Hall–Kier alpha value is 2.74. The van der Waals surface area contributed by atoms with Crippen molar-refractivity contribution in [1.29, 1.82) is 0 Å². The van der Waals surface area contributed by atoms with Gasteiger partial charge in [-0.05, 0) is 87.3 Å². The molecule has 0 aliphatic rings. The van der Waals surface area contributed by atoms with E-state index in [-0.39, 0.29) is 157 Å². The summed E-state index contributed by atoms with van der Waals surface area (Å²) in [6.45, 7) is 22.9. The third-order valence-corrected chi connectivity index (χ3v) is 8.81. The van der Waals surface area contributed by atoms with Gasteiger partial charge in [-0.25, -0.2) is 0 Å². The van der Waals surface area contributed by atoms with Gasteiger partial charge in [0.1, 0.15) is 0 Å². The minimum absolute atomic E-state index is 0. The number of hydrogen-bond acceptors (Lipinski definition) is 6. The standard InChI is InChI=1S/C29H46O6P2.4Na/c1-26(2,3)20-14-18(24(36(30,31)32)22(16-20)28(7,8)9)13-19-15-21(27(4,5)6)17-23(29(10,11)12)25(19)37(33,34)35;;;;/h14-17H,13H2,1-12H3,(H2,30,31,32)(H2,33,34,35);;;;/q;4*+1/p-4. The van der Waals surface area contributed by atoms with Crippen LogP contribution < -0.4 is 148 Å². The van der Waals surface area contributed by atoms with E-state index in [9.17, 15) is 28.7 Å². The van der Waals surface area contributed by atoms with Gasteiger partial charge in [0.05, 0.1) is 0 Å². The van der Waals surface area contributed by atoms with E-state index in [0.717, 1.165) is 11.1 Å². The summed E-state index contributed by atoms with van der Waals surface area (Å²) in [6.07, 6.45) is -0.173. The Morgan fingerprint density at radius 3 is 0.902 bits per heavy atom. The molecule has 208 valence electrons. The first kappa shape index (κ1) is 48.1. The molecule has 6 nitrogen and oxygen atoms in total. The summed E-state index contributed by atoms with van der Waals surface area (Å²) >= 11 is 0. The molecule has 0 saturated carbocycles. The average Bonchev–Trinajstić information content (AvgIpc) is 2.62. The third kappa shape index (κ3) is 12.7. The minimum Gasteiger partial charge on any atom is -0.807 e. The minimum atomic E-state index is -5.27. The Morgan fingerprint density at radius 2 is 0.732 bits per heavy atom. The molecular weight excluding hydrogens is 598 g/mol. The zero-order valence-corrected chi connectivity index (χ0v) is 38.1. The Labute approximate surface area is 336 Å². The van der Waals surface area contributed by atoms with Gasteiger partial charge in [0, 0.05) is 0 Å². The van der Waals surface area contributed by atoms with Crippen LogP contribution >= 0.6 is 15.2 Å². The summed E-state index contributed by atoms with van der Waals surface area (Å²) in [5.74, 6) is 0. The predicted molar refractivity (Wildman–Crippen MR) is 145 cm³/mol. The van der Waals surface area contributed by atoms with Crippen molar-refractivity contribution >= 4 is 25.8 Å². The van der Waals surface area contributed by atoms with E-state index in [1.54, 1.807) is 24.3 Å². The van der Waals surface area contributed by atoms with E-state index < -0.39 is 26.0 Å². The molecule has 0 aliphatic heterocycles. The van der Waals surface area contributed by atoms with Crippen molar-refractivity contribution in [1.82, 2.24) is 0 Å². The normalized spacial score (nSPS) is 12.9. The van der Waals surface area contributed by atoms with Crippen LogP contribution in [0.5, 0.6) is 0 Å². The number of benzene rings is 2. The van der Waals surface area contributed by atoms with Crippen LogP contribution in [0.3, 0.4) is 0 Å². The van der Waals surface area contributed by atoms with E-state index in [2.05, 4.69) is 0 Å². The molecule has 0 amide bonds. The van der Waals surface area contributed by atoms with Crippen LogP contribution in [0.4, 0.5) is 0 Å². The molecule has 0 aliphatic carbocycles. The SMILES string of the molecule is CC(C)(C)c1cc(Cc2cc(C(C)(C)C)cc(C(C)(C)C)c2P(=O)([O-])[O-])c(P(=O)([O-])[O-])c(C(C)(C)C)c1.[Na+].[Na+].[Na+].[Na+]. The van der Waals surface area contributed by atoms with Crippen molar-refractivity contribution < 1.29 is 147 Å². The van der Waals surface area contributed by atoms with Crippen molar-refractivity contribution in [2.45, 2.75) is 111 Å². The van der Waals surface area contributed by atoms with E-state index in [1.807, 2.05) is 83.1 Å². The van der Waals surface area contributed by atoms with Crippen molar-refractivity contribution in [3.8, 4) is 0 Å². The van der Waals surface area contributed by atoms with Gasteiger partial charge in [-0.2, -0.15) is 0 Å². The van der Waals surface area contributed by atoms with Crippen molar-refractivity contribution in [3.63, 3.8) is 0 Å². The maximum atomic E-state index is 12.7. The average molecular weight is 641 g/mol. The Morgan fingerprint density at radius 1 is 0.488 bits per heavy atom. The molecule has 0 unspecified atom stereocenters. The summed E-state index contributed by atoms with van der Waals surface area (Å²) in [6, 6.07) is 6.89. The quantitative estimate of drug-likeness (QED) is 0.242.